The zero-order chi connectivity index (χ0) is 12.9. The summed E-state index contributed by atoms with van der Waals surface area (Å²) in [4.78, 5) is 2.31. The third kappa shape index (κ3) is 4.88. The molecule has 0 aromatic carbocycles. The van der Waals surface area contributed by atoms with Crippen LogP contribution < -0.4 is 5.73 Å². The highest BCUT2D eigenvalue weighted by Crippen LogP contribution is 2.15. The van der Waals surface area contributed by atoms with Gasteiger partial charge in [0.2, 0.25) is 0 Å². The summed E-state index contributed by atoms with van der Waals surface area (Å²) < 4.78 is 2.01. The van der Waals surface area contributed by atoms with Crippen molar-refractivity contribution >= 4 is 0 Å². The molecule has 0 bridgehead atoms. The first-order valence-electron chi connectivity index (χ1n) is 6.37. The zero-order valence-electron chi connectivity index (χ0n) is 11.6. The van der Waals surface area contributed by atoms with Crippen LogP contribution in [0.15, 0.2) is 12.4 Å². The van der Waals surface area contributed by atoms with Crippen LogP contribution in [0.1, 0.15) is 32.8 Å². The van der Waals surface area contributed by atoms with Crippen LogP contribution in [0.3, 0.4) is 0 Å². The monoisotopic (exact) mass is 238 g/mol. The number of rotatable bonds is 7. The van der Waals surface area contributed by atoms with Crippen LogP contribution in [0.25, 0.3) is 0 Å². The molecule has 0 spiro atoms. The van der Waals surface area contributed by atoms with Crippen molar-refractivity contribution in [3.05, 3.63) is 18.0 Å². The van der Waals surface area contributed by atoms with E-state index in [0.29, 0.717) is 6.54 Å². The minimum atomic E-state index is 0.175. The van der Waals surface area contributed by atoms with Crippen LogP contribution in [0.4, 0.5) is 0 Å². The molecule has 17 heavy (non-hydrogen) atoms. The fourth-order valence-corrected chi connectivity index (χ4v) is 2.00. The smallest absolute Gasteiger partial charge is 0.0534 e. The molecule has 1 rings (SSSR count). The van der Waals surface area contributed by atoms with Crippen LogP contribution in [-0.2, 0) is 13.1 Å². The van der Waals surface area contributed by atoms with Gasteiger partial charge >= 0.3 is 0 Å². The first-order chi connectivity index (χ1) is 7.96. The summed E-state index contributed by atoms with van der Waals surface area (Å²) in [7, 11) is 2.13. The van der Waals surface area contributed by atoms with Gasteiger partial charge in [0.1, 0.15) is 0 Å². The largest absolute Gasteiger partial charge is 0.330 e. The van der Waals surface area contributed by atoms with Gasteiger partial charge in [-0.15, -0.1) is 0 Å². The van der Waals surface area contributed by atoms with Crippen molar-refractivity contribution in [3.8, 4) is 0 Å². The number of hydrogen-bond acceptors (Lipinski definition) is 3. The van der Waals surface area contributed by atoms with E-state index in [4.69, 9.17) is 5.73 Å². The van der Waals surface area contributed by atoms with E-state index in [-0.39, 0.29) is 5.41 Å². The van der Waals surface area contributed by atoms with E-state index in [9.17, 15) is 0 Å². The summed E-state index contributed by atoms with van der Waals surface area (Å²) in [6, 6.07) is 0. The molecule has 0 saturated heterocycles. The van der Waals surface area contributed by atoms with Gasteiger partial charge in [-0.2, -0.15) is 5.10 Å². The third-order valence-corrected chi connectivity index (χ3v) is 2.84. The van der Waals surface area contributed by atoms with E-state index in [1.165, 1.54) is 5.56 Å². The van der Waals surface area contributed by atoms with E-state index in [0.717, 1.165) is 26.1 Å². The Bertz CT molecular complexity index is 330. The van der Waals surface area contributed by atoms with Gasteiger partial charge in [-0.25, -0.2) is 0 Å². The van der Waals surface area contributed by atoms with Crippen LogP contribution in [0, 0.1) is 5.41 Å². The molecule has 4 heteroatoms. The molecule has 0 aliphatic carbocycles. The molecule has 0 aliphatic heterocycles. The lowest BCUT2D eigenvalue weighted by molar-refractivity contribution is 0.210. The summed E-state index contributed by atoms with van der Waals surface area (Å²) >= 11 is 0. The first-order valence-corrected chi connectivity index (χ1v) is 6.37. The Morgan fingerprint density at radius 2 is 2.18 bits per heavy atom. The van der Waals surface area contributed by atoms with Crippen LogP contribution >= 0.6 is 0 Å². The Hall–Kier alpha value is -0.870. The van der Waals surface area contributed by atoms with Crippen molar-refractivity contribution in [1.29, 1.82) is 0 Å². The van der Waals surface area contributed by atoms with Gasteiger partial charge in [-0.1, -0.05) is 20.8 Å². The summed E-state index contributed by atoms with van der Waals surface area (Å²) in [5.41, 5.74) is 7.20. The molecule has 0 radical (unpaired) electrons. The molecule has 0 unspecified atom stereocenters. The van der Waals surface area contributed by atoms with Crippen LogP contribution in [0.5, 0.6) is 0 Å². The van der Waals surface area contributed by atoms with E-state index >= 15 is 0 Å². The predicted molar refractivity (Wildman–Crippen MR) is 71.7 cm³/mol. The third-order valence-electron chi connectivity index (χ3n) is 2.84. The molecule has 1 aromatic rings. The first kappa shape index (κ1) is 14.2. The minimum absolute atomic E-state index is 0.175. The Morgan fingerprint density at radius 3 is 2.76 bits per heavy atom. The molecule has 4 nitrogen and oxygen atoms in total. The molecule has 98 valence electrons. The highest BCUT2D eigenvalue weighted by Gasteiger charge is 2.18. The predicted octanol–water partition coefficient (Wildman–Crippen LogP) is 1.71. The molecule has 1 heterocycles. The summed E-state index contributed by atoms with van der Waals surface area (Å²) in [5.74, 6) is 0. The SMILES string of the molecule is CCCn1cc(CN(C)CC(C)(C)CN)cn1. The van der Waals surface area contributed by atoms with Crippen molar-refractivity contribution in [1.82, 2.24) is 14.7 Å². The van der Waals surface area contributed by atoms with Crippen molar-refractivity contribution in [2.75, 3.05) is 20.1 Å². The van der Waals surface area contributed by atoms with Gasteiger partial charge in [0.05, 0.1) is 6.20 Å². The van der Waals surface area contributed by atoms with Crippen molar-refractivity contribution < 1.29 is 0 Å². The van der Waals surface area contributed by atoms with Gasteiger partial charge in [-0.3, -0.25) is 4.68 Å². The fourth-order valence-electron chi connectivity index (χ4n) is 2.00. The molecule has 1 aromatic heterocycles. The second-order valence-corrected chi connectivity index (χ2v) is 5.65. The standard InChI is InChI=1S/C13H26N4/c1-5-6-17-9-12(7-15-17)8-16(4)11-13(2,3)10-14/h7,9H,5-6,8,10-11,14H2,1-4H3. The molecule has 0 atom stereocenters. The normalized spacial score (nSPS) is 12.4. The zero-order valence-corrected chi connectivity index (χ0v) is 11.6. The number of nitrogens with zero attached hydrogens (tertiary/aromatic N) is 3. The number of nitrogens with two attached hydrogens (primary N) is 1. The van der Waals surface area contributed by atoms with Crippen LogP contribution in [0.2, 0.25) is 0 Å². The average Bonchev–Trinajstić information content (AvgIpc) is 2.65. The quantitative estimate of drug-likeness (QED) is 0.786. The maximum atomic E-state index is 5.75. The van der Waals surface area contributed by atoms with Gasteiger partial charge < -0.3 is 10.6 Å². The lowest BCUT2D eigenvalue weighted by Crippen LogP contribution is -2.36. The van der Waals surface area contributed by atoms with Gasteiger partial charge in [-0.05, 0) is 25.4 Å². The van der Waals surface area contributed by atoms with Gasteiger partial charge in [0.25, 0.3) is 0 Å². The summed E-state index contributed by atoms with van der Waals surface area (Å²) in [5, 5.41) is 4.34. The molecule has 0 aliphatic rings. The fraction of sp³-hybridized carbons (Fsp3) is 0.769. The molecule has 0 saturated carbocycles. The van der Waals surface area contributed by atoms with Crippen molar-refractivity contribution in [2.45, 2.75) is 40.3 Å². The Morgan fingerprint density at radius 1 is 1.47 bits per heavy atom. The van der Waals surface area contributed by atoms with Gasteiger partial charge in [0.15, 0.2) is 0 Å². The van der Waals surface area contributed by atoms with Crippen LogP contribution in [-0.4, -0.2) is 34.8 Å². The topological polar surface area (TPSA) is 47.1 Å². The maximum absolute atomic E-state index is 5.75. The van der Waals surface area contributed by atoms with E-state index in [1.54, 1.807) is 0 Å². The van der Waals surface area contributed by atoms with Gasteiger partial charge in [0, 0.05) is 31.4 Å². The second-order valence-electron chi connectivity index (χ2n) is 5.65. The van der Waals surface area contributed by atoms with E-state index in [2.05, 4.69) is 44.0 Å². The number of hydrogen-bond donors (Lipinski definition) is 1. The summed E-state index contributed by atoms with van der Waals surface area (Å²) in [6.45, 7) is 10.2. The Balaban J connectivity index is 2.47. The summed E-state index contributed by atoms with van der Waals surface area (Å²) in [6.07, 6.45) is 5.22. The average molecular weight is 238 g/mol. The molecule has 0 fully saturated rings. The second kappa shape index (κ2) is 6.17. The molecular weight excluding hydrogens is 212 g/mol. The molecule has 2 N–H and O–H groups in total. The Kier molecular flexibility index (Phi) is 5.15. The lowest BCUT2D eigenvalue weighted by atomic mass is 9.93. The molecular formula is C13H26N4. The Labute approximate surface area is 105 Å². The van der Waals surface area contributed by atoms with E-state index < -0.39 is 0 Å². The van der Waals surface area contributed by atoms with Crippen molar-refractivity contribution in [2.24, 2.45) is 11.1 Å². The molecule has 0 amide bonds. The highest BCUT2D eigenvalue weighted by atomic mass is 15.3. The lowest BCUT2D eigenvalue weighted by Gasteiger charge is -2.28. The van der Waals surface area contributed by atoms with E-state index in [1.807, 2.05) is 10.9 Å². The highest BCUT2D eigenvalue weighted by molar-refractivity contribution is 5.03. The van der Waals surface area contributed by atoms with Crippen molar-refractivity contribution in [3.63, 3.8) is 0 Å². The minimum Gasteiger partial charge on any atom is -0.330 e. The number of aryl methyl sites for hydroxylation is 1. The number of aromatic nitrogens is 2. The maximum Gasteiger partial charge on any atom is 0.0534 e.